The number of aliphatic hydroxyl groups is 1. The summed E-state index contributed by atoms with van der Waals surface area (Å²) in [7, 11) is 0. The second-order valence-electron chi connectivity index (χ2n) is 14.2. The van der Waals surface area contributed by atoms with Gasteiger partial charge in [0, 0.05) is 69.2 Å². The lowest BCUT2D eigenvalue weighted by Crippen LogP contribution is -2.51. The Labute approximate surface area is 293 Å². The average Bonchev–Trinajstić information content (AvgIpc) is 3.13. The number of hydrogen-bond acceptors (Lipinski definition) is 10. The van der Waals surface area contributed by atoms with Crippen LogP contribution in [0.2, 0.25) is 0 Å². The van der Waals surface area contributed by atoms with Gasteiger partial charge in [-0.05, 0) is 86.3 Å². The highest BCUT2D eigenvalue weighted by Gasteiger charge is 2.35. The molecule has 1 atom stereocenters. The molecule has 50 heavy (non-hydrogen) atoms. The SMILES string of the molecule is Cc1ccc(C2(O)CCN(Cc3ccc(N4CCC(Nc5ncc6c(n5)OCCC6)CC4)cc3)CC2)cc1CN(C=O)C1CCC(=O)NC1=O. The molecule has 7 rings (SSSR count). The fraction of sp³-hybridized carbons (Fsp3) is 0.500. The lowest BCUT2D eigenvalue weighted by molar-refractivity contribution is -0.141. The van der Waals surface area contributed by atoms with Gasteiger partial charge in [-0.1, -0.05) is 30.3 Å². The Morgan fingerprint density at radius 3 is 2.58 bits per heavy atom. The molecule has 1 unspecified atom stereocenters. The molecule has 12 heteroatoms. The lowest BCUT2D eigenvalue weighted by atomic mass is 9.83. The van der Waals surface area contributed by atoms with E-state index in [1.165, 1.54) is 16.2 Å². The zero-order valence-electron chi connectivity index (χ0n) is 28.8. The molecule has 0 aliphatic carbocycles. The molecule has 0 spiro atoms. The van der Waals surface area contributed by atoms with E-state index in [4.69, 9.17) is 4.74 Å². The molecule has 0 bridgehead atoms. The van der Waals surface area contributed by atoms with Crippen molar-refractivity contribution in [2.45, 2.75) is 89.1 Å². The number of fused-ring (bicyclic) bond motifs is 1. The molecule has 4 aliphatic rings. The molecule has 2 aromatic carbocycles. The van der Waals surface area contributed by atoms with Crippen LogP contribution in [0.3, 0.4) is 0 Å². The number of aryl methyl sites for hydroxylation is 2. The van der Waals surface area contributed by atoms with Gasteiger partial charge in [0.2, 0.25) is 30.1 Å². The number of nitrogens with one attached hydrogen (secondary N) is 2. The number of imide groups is 1. The van der Waals surface area contributed by atoms with Crippen LogP contribution >= 0.6 is 0 Å². The molecule has 264 valence electrons. The standard InChI is InChI=1S/C38H47N7O5/c1-26-4-7-30(21-29(26)24-45(25-46)33-10-11-34(47)41-35(33)48)38(49)14-18-43(19-15-38)23-27-5-8-32(9-6-27)44-16-12-31(13-17-44)40-37-39-22-28-3-2-20-50-36(28)42-37/h4-9,21-22,25,31,33,49H,2-3,10-20,23-24H2,1H3,(H,39,40,42)(H,41,47,48). The van der Waals surface area contributed by atoms with Gasteiger partial charge < -0.3 is 25.0 Å². The van der Waals surface area contributed by atoms with Crippen molar-refractivity contribution in [3.63, 3.8) is 0 Å². The summed E-state index contributed by atoms with van der Waals surface area (Å²) in [5, 5.41) is 17.6. The van der Waals surface area contributed by atoms with Gasteiger partial charge in [0.1, 0.15) is 6.04 Å². The molecule has 3 amide bonds. The van der Waals surface area contributed by atoms with Gasteiger partial charge in [-0.25, -0.2) is 4.98 Å². The molecule has 1 aromatic heterocycles. The van der Waals surface area contributed by atoms with Crippen molar-refractivity contribution in [2.24, 2.45) is 0 Å². The van der Waals surface area contributed by atoms with Gasteiger partial charge in [-0.15, -0.1) is 0 Å². The summed E-state index contributed by atoms with van der Waals surface area (Å²) >= 11 is 0. The topological polar surface area (TPSA) is 140 Å². The van der Waals surface area contributed by atoms with Crippen molar-refractivity contribution in [1.29, 1.82) is 0 Å². The second-order valence-corrected chi connectivity index (χ2v) is 14.2. The Hall–Kier alpha value is -4.55. The third-order valence-electron chi connectivity index (χ3n) is 10.9. The zero-order chi connectivity index (χ0) is 34.7. The minimum atomic E-state index is -0.968. The van der Waals surface area contributed by atoms with Crippen LogP contribution in [-0.2, 0) is 39.5 Å². The number of piperidine rings is 3. The van der Waals surface area contributed by atoms with E-state index in [9.17, 15) is 19.5 Å². The number of anilines is 2. The molecule has 3 aromatic rings. The van der Waals surface area contributed by atoms with Crippen LogP contribution in [0, 0.1) is 6.92 Å². The highest BCUT2D eigenvalue weighted by Crippen LogP contribution is 2.35. The molecule has 3 N–H and O–H groups in total. The zero-order valence-corrected chi connectivity index (χ0v) is 28.8. The van der Waals surface area contributed by atoms with Crippen molar-refractivity contribution in [2.75, 3.05) is 43.0 Å². The van der Waals surface area contributed by atoms with Gasteiger partial charge in [0.15, 0.2) is 0 Å². The molecule has 0 radical (unpaired) electrons. The van der Waals surface area contributed by atoms with Gasteiger partial charge in [0.25, 0.3) is 0 Å². The van der Waals surface area contributed by atoms with Crippen molar-refractivity contribution >= 4 is 29.9 Å². The van der Waals surface area contributed by atoms with Crippen LogP contribution in [0.15, 0.2) is 48.7 Å². The monoisotopic (exact) mass is 681 g/mol. The van der Waals surface area contributed by atoms with E-state index in [0.29, 0.717) is 37.7 Å². The highest BCUT2D eigenvalue weighted by atomic mass is 16.5. The maximum Gasteiger partial charge on any atom is 0.249 e. The number of benzene rings is 2. The minimum Gasteiger partial charge on any atom is -0.477 e. The van der Waals surface area contributed by atoms with Crippen molar-refractivity contribution in [3.05, 3.63) is 76.5 Å². The number of carbonyl (C=O) groups excluding carboxylic acids is 3. The van der Waals surface area contributed by atoms with Crippen molar-refractivity contribution in [1.82, 2.24) is 25.1 Å². The van der Waals surface area contributed by atoms with E-state index in [1.54, 1.807) is 0 Å². The van der Waals surface area contributed by atoms with E-state index in [-0.39, 0.29) is 18.9 Å². The number of nitrogens with zero attached hydrogens (tertiary/aromatic N) is 5. The van der Waals surface area contributed by atoms with Crippen LogP contribution in [0.1, 0.15) is 72.8 Å². The molecule has 12 nitrogen and oxygen atoms in total. The van der Waals surface area contributed by atoms with Crippen LogP contribution in [0.25, 0.3) is 0 Å². The third-order valence-corrected chi connectivity index (χ3v) is 10.9. The Morgan fingerprint density at radius 1 is 1.06 bits per heavy atom. The number of amides is 3. The quantitative estimate of drug-likeness (QED) is 0.215. The number of likely N-dealkylation sites (tertiary alicyclic amines) is 1. The van der Waals surface area contributed by atoms with E-state index in [1.807, 2.05) is 31.3 Å². The Balaban J connectivity index is 0.892. The van der Waals surface area contributed by atoms with Gasteiger partial charge >= 0.3 is 0 Å². The summed E-state index contributed by atoms with van der Waals surface area (Å²) in [6.45, 7) is 7.21. The summed E-state index contributed by atoms with van der Waals surface area (Å²) in [6.07, 6.45) is 8.31. The fourth-order valence-corrected chi connectivity index (χ4v) is 7.64. The number of aromatic nitrogens is 2. The minimum absolute atomic E-state index is 0.209. The summed E-state index contributed by atoms with van der Waals surface area (Å²) in [5.41, 5.74) is 5.31. The molecule has 0 saturated carbocycles. The molecule has 3 saturated heterocycles. The maximum atomic E-state index is 12.4. The first kappa shape index (κ1) is 33.9. The van der Waals surface area contributed by atoms with Crippen molar-refractivity contribution < 1.29 is 24.2 Å². The van der Waals surface area contributed by atoms with E-state index >= 15 is 0 Å². The largest absolute Gasteiger partial charge is 0.477 e. The van der Waals surface area contributed by atoms with Crippen LogP contribution in [-0.4, -0.2) is 88.0 Å². The molecular weight excluding hydrogens is 634 g/mol. The first-order valence-corrected chi connectivity index (χ1v) is 17.9. The molecule has 3 fully saturated rings. The number of ether oxygens (including phenoxy) is 1. The Bertz CT molecular complexity index is 1700. The van der Waals surface area contributed by atoms with Crippen LogP contribution < -0.4 is 20.3 Å². The fourth-order valence-electron chi connectivity index (χ4n) is 7.64. The normalized spacial score (nSPS) is 21.2. The smallest absolute Gasteiger partial charge is 0.249 e. The first-order chi connectivity index (χ1) is 24.3. The highest BCUT2D eigenvalue weighted by molar-refractivity contribution is 6.00. The van der Waals surface area contributed by atoms with Crippen LogP contribution in [0.4, 0.5) is 11.6 Å². The third kappa shape index (κ3) is 7.61. The summed E-state index contributed by atoms with van der Waals surface area (Å²) in [6, 6.07) is 14.4. The van der Waals surface area contributed by atoms with E-state index in [2.05, 4.69) is 54.7 Å². The summed E-state index contributed by atoms with van der Waals surface area (Å²) in [4.78, 5) is 51.4. The predicted octanol–water partition coefficient (Wildman–Crippen LogP) is 3.44. The van der Waals surface area contributed by atoms with Gasteiger partial charge in [-0.3, -0.25) is 24.6 Å². The summed E-state index contributed by atoms with van der Waals surface area (Å²) in [5.74, 6) is 0.626. The van der Waals surface area contributed by atoms with Crippen molar-refractivity contribution in [3.8, 4) is 5.88 Å². The molecule has 5 heterocycles. The van der Waals surface area contributed by atoms with Gasteiger partial charge in [-0.2, -0.15) is 4.98 Å². The second kappa shape index (κ2) is 14.7. The predicted molar refractivity (Wildman–Crippen MR) is 189 cm³/mol. The lowest BCUT2D eigenvalue weighted by Gasteiger charge is -2.39. The average molecular weight is 682 g/mol. The Kier molecular flexibility index (Phi) is 10.0. The molecule has 4 aliphatic heterocycles. The first-order valence-electron chi connectivity index (χ1n) is 17.9. The molecular formula is C38H47N7O5. The summed E-state index contributed by atoms with van der Waals surface area (Å²) < 4.78 is 5.72. The van der Waals surface area contributed by atoms with E-state index in [0.717, 1.165) is 93.1 Å². The van der Waals surface area contributed by atoms with Crippen LogP contribution in [0.5, 0.6) is 5.88 Å². The van der Waals surface area contributed by atoms with E-state index < -0.39 is 17.6 Å². The number of rotatable bonds is 10. The maximum absolute atomic E-state index is 12.4. The Morgan fingerprint density at radius 2 is 1.84 bits per heavy atom. The number of hydrogen-bond donors (Lipinski definition) is 3. The van der Waals surface area contributed by atoms with Gasteiger partial charge in [0.05, 0.1) is 12.2 Å². The number of carbonyl (C=O) groups is 3.